The van der Waals surface area contributed by atoms with E-state index in [1.54, 1.807) is 14.2 Å². The van der Waals surface area contributed by atoms with Crippen LogP contribution in [0.2, 0.25) is 0 Å². The van der Waals surface area contributed by atoms with Crippen molar-refractivity contribution in [3.05, 3.63) is 60.7 Å². The van der Waals surface area contributed by atoms with Crippen LogP contribution in [-0.4, -0.2) is 23.5 Å². The quantitative estimate of drug-likeness (QED) is 0.778. The van der Waals surface area contributed by atoms with Crippen LogP contribution in [-0.2, 0) is 8.85 Å². The minimum absolute atomic E-state index is 1.12. The Morgan fingerprint density at radius 2 is 1.58 bits per heavy atom. The van der Waals surface area contributed by atoms with Crippen LogP contribution in [0.4, 0.5) is 0 Å². The van der Waals surface area contributed by atoms with Gasteiger partial charge in [0.2, 0.25) is 0 Å². The van der Waals surface area contributed by atoms with Crippen molar-refractivity contribution in [3.63, 3.8) is 0 Å². The minimum Gasteiger partial charge on any atom is -0.397 e. The summed E-state index contributed by atoms with van der Waals surface area (Å²) in [6.45, 7) is 3.77. The SMILES string of the molecule is C=Cc1ccc(-c2ccccc2[SiH](OC)OC)cc1. The summed E-state index contributed by atoms with van der Waals surface area (Å²) in [5, 5.41) is 1.17. The second kappa shape index (κ2) is 6.47. The standard InChI is InChI=1S/C16H18O2Si/c1-4-13-9-11-14(12-10-13)15-7-5-6-8-16(15)19(17-2)18-3/h4-12,19H,1H2,2-3H3. The molecule has 0 N–H and O–H groups in total. The fourth-order valence-corrected chi connectivity index (χ4v) is 3.60. The molecular weight excluding hydrogens is 252 g/mol. The summed E-state index contributed by atoms with van der Waals surface area (Å²) in [7, 11) is 1.61. The molecule has 0 bridgehead atoms. The fraction of sp³-hybridized carbons (Fsp3) is 0.125. The highest BCUT2D eigenvalue weighted by molar-refractivity contribution is 6.63. The van der Waals surface area contributed by atoms with Crippen molar-refractivity contribution in [2.24, 2.45) is 0 Å². The van der Waals surface area contributed by atoms with Crippen LogP contribution in [0, 0.1) is 0 Å². The van der Waals surface area contributed by atoms with Gasteiger partial charge in [0, 0.05) is 14.2 Å². The van der Waals surface area contributed by atoms with Crippen LogP contribution in [0.15, 0.2) is 55.1 Å². The van der Waals surface area contributed by atoms with Gasteiger partial charge in [-0.3, -0.25) is 0 Å². The predicted molar refractivity (Wildman–Crippen MR) is 82.8 cm³/mol. The van der Waals surface area contributed by atoms with Gasteiger partial charge >= 0.3 is 9.28 Å². The van der Waals surface area contributed by atoms with Crippen molar-refractivity contribution >= 4 is 20.5 Å². The van der Waals surface area contributed by atoms with Gasteiger partial charge in [-0.2, -0.15) is 0 Å². The van der Waals surface area contributed by atoms with Gasteiger partial charge < -0.3 is 8.85 Å². The largest absolute Gasteiger partial charge is 0.397 e. The van der Waals surface area contributed by atoms with E-state index in [2.05, 4.69) is 43.0 Å². The van der Waals surface area contributed by atoms with Gasteiger partial charge in [0.05, 0.1) is 0 Å². The van der Waals surface area contributed by atoms with Gasteiger partial charge in [0.15, 0.2) is 0 Å². The molecule has 2 aromatic rings. The first-order chi connectivity index (χ1) is 9.30. The van der Waals surface area contributed by atoms with Crippen molar-refractivity contribution in [1.29, 1.82) is 0 Å². The zero-order valence-electron chi connectivity index (χ0n) is 11.3. The van der Waals surface area contributed by atoms with Crippen molar-refractivity contribution < 1.29 is 8.85 Å². The molecule has 0 aliphatic carbocycles. The molecule has 98 valence electrons. The minimum atomic E-state index is -1.80. The van der Waals surface area contributed by atoms with Crippen LogP contribution in [0.5, 0.6) is 0 Å². The van der Waals surface area contributed by atoms with Gasteiger partial charge in [0.25, 0.3) is 0 Å². The van der Waals surface area contributed by atoms with E-state index in [4.69, 9.17) is 8.85 Å². The van der Waals surface area contributed by atoms with E-state index in [-0.39, 0.29) is 0 Å². The molecule has 2 aromatic carbocycles. The monoisotopic (exact) mass is 270 g/mol. The molecule has 0 saturated heterocycles. The van der Waals surface area contributed by atoms with Crippen LogP contribution < -0.4 is 5.19 Å². The van der Waals surface area contributed by atoms with Crippen molar-refractivity contribution in [2.75, 3.05) is 14.2 Å². The number of hydrogen-bond donors (Lipinski definition) is 0. The van der Waals surface area contributed by atoms with E-state index >= 15 is 0 Å². The first kappa shape index (κ1) is 13.7. The van der Waals surface area contributed by atoms with Crippen LogP contribution in [0.1, 0.15) is 5.56 Å². The van der Waals surface area contributed by atoms with Gasteiger partial charge in [0.1, 0.15) is 0 Å². The Kier molecular flexibility index (Phi) is 4.68. The number of hydrogen-bond acceptors (Lipinski definition) is 2. The summed E-state index contributed by atoms with van der Waals surface area (Å²) in [6.07, 6.45) is 1.84. The highest BCUT2D eigenvalue weighted by atomic mass is 28.3. The average molecular weight is 270 g/mol. The summed E-state index contributed by atoms with van der Waals surface area (Å²) in [5.74, 6) is 0. The molecule has 2 rings (SSSR count). The molecule has 0 radical (unpaired) electrons. The number of benzene rings is 2. The van der Waals surface area contributed by atoms with Crippen molar-refractivity contribution in [2.45, 2.75) is 0 Å². The zero-order chi connectivity index (χ0) is 13.7. The first-order valence-electron chi connectivity index (χ1n) is 6.17. The molecule has 0 saturated carbocycles. The second-order valence-electron chi connectivity index (χ2n) is 4.22. The van der Waals surface area contributed by atoms with Gasteiger partial charge in [-0.05, 0) is 21.9 Å². The first-order valence-corrected chi connectivity index (χ1v) is 7.69. The van der Waals surface area contributed by atoms with Crippen molar-refractivity contribution in [1.82, 2.24) is 0 Å². The molecule has 0 atom stereocenters. The van der Waals surface area contributed by atoms with Gasteiger partial charge in [-0.15, -0.1) is 0 Å². The zero-order valence-corrected chi connectivity index (χ0v) is 12.5. The maximum atomic E-state index is 5.49. The summed E-state index contributed by atoms with van der Waals surface area (Å²) in [4.78, 5) is 0. The fourth-order valence-electron chi connectivity index (χ4n) is 2.11. The molecule has 0 fully saturated rings. The maximum absolute atomic E-state index is 5.49. The molecule has 0 amide bonds. The molecule has 0 aromatic heterocycles. The second-order valence-corrected chi connectivity index (χ2v) is 6.45. The molecule has 0 aliphatic rings. The van der Waals surface area contributed by atoms with Gasteiger partial charge in [-0.1, -0.05) is 61.2 Å². The lowest BCUT2D eigenvalue weighted by Gasteiger charge is -2.15. The Labute approximate surface area is 116 Å². The summed E-state index contributed by atoms with van der Waals surface area (Å²) in [5.41, 5.74) is 3.47. The Morgan fingerprint density at radius 3 is 2.16 bits per heavy atom. The lowest BCUT2D eigenvalue weighted by molar-refractivity contribution is 0.292. The molecule has 0 unspecified atom stereocenters. The molecule has 0 spiro atoms. The summed E-state index contributed by atoms with van der Waals surface area (Å²) < 4.78 is 11.0. The van der Waals surface area contributed by atoms with Crippen molar-refractivity contribution in [3.8, 4) is 11.1 Å². The molecular formula is C16H18O2Si. The Bertz CT molecular complexity index is 545. The van der Waals surface area contributed by atoms with E-state index in [0.29, 0.717) is 0 Å². The lowest BCUT2D eigenvalue weighted by atomic mass is 10.0. The molecule has 19 heavy (non-hydrogen) atoms. The highest BCUT2D eigenvalue weighted by Gasteiger charge is 2.17. The third-order valence-corrected chi connectivity index (χ3v) is 4.97. The van der Waals surface area contributed by atoms with Crippen LogP contribution >= 0.6 is 0 Å². The summed E-state index contributed by atoms with van der Waals surface area (Å²) >= 11 is 0. The molecule has 0 aliphatic heterocycles. The van der Waals surface area contributed by atoms with Gasteiger partial charge in [-0.25, -0.2) is 0 Å². The van der Waals surface area contributed by atoms with E-state index < -0.39 is 9.28 Å². The average Bonchev–Trinajstić information content (AvgIpc) is 2.49. The number of rotatable bonds is 5. The summed E-state index contributed by atoms with van der Waals surface area (Å²) in [6, 6.07) is 16.6. The molecule has 0 heterocycles. The molecule has 2 nitrogen and oxygen atoms in total. The lowest BCUT2D eigenvalue weighted by Crippen LogP contribution is -2.36. The third-order valence-electron chi connectivity index (χ3n) is 3.10. The predicted octanol–water partition coefficient (Wildman–Crippen LogP) is 2.72. The van der Waals surface area contributed by atoms with Crippen LogP contribution in [0.25, 0.3) is 17.2 Å². The smallest absolute Gasteiger partial charge is 0.355 e. The third kappa shape index (κ3) is 3.01. The topological polar surface area (TPSA) is 18.5 Å². The molecule has 3 heteroatoms. The Hall–Kier alpha value is -1.68. The maximum Gasteiger partial charge on any atom is 0.355 e. The van der Waals surface area contributed by atoms with Crippen LogP contribution in [0.3, 0.4) is 0 Å². The van der Waals surface area contributed by atoms with E-state index in [1.807, 2.05) is 18.2 Å². The highest BCUT2D eigenvalue weighted by Crippen LogP contribution is 2.19. The van der Waals surface area contributed by atoms with E-state index in [0.717, 1.165) is 5.56 Å². The Morgan fingerprint density at radius 1 is 0.947 bits per heavy atom. The van der Waals surface area contributed by atoms with E-state index in [9.17, 15) is 0 Å². The normalized spacial score (nSPS) is 10.7. The van der Waals surface area contributed by atoms with E-state index in [1.165, 1.54) is 16.3 Å². The Balaban J connectivity index is 2.45.